The molecular formula is C54H38N2. The first-order valence-corrected chi connectivity index (χ1v) is 19.2. The lowest BCUT2D eigenvalue weighted by molar-refractivity contribution is 1.17. The second-order valence-corrected chi connectivity index (χ2v) is 14.2. The topological polar surface area (TPSA) is 8.17 Å². The molecule has 2 nitrogen and oxygen atoms in total. The summed E-state index contributed by atoms with van der Waals surface area (Å²) in [5.41, 5.74) is 16.4. The summed E-state index contributed by atoms with van der Waals surface area (Å²) in [4.78, 5) is 2.41. The molecule has 0 amide bonds. The van der Waals surface area contributed by atoms with Gasteiger partial charge in [0.25, 0.3) is 0 Å². The summed E-state index contributed by atoms with van der Waals surface area (Å²) < 4.78 is 2.44. The van der Waals surface area contributed by atoms with E-state index in [-0.39, 0.29) is 0 Å². The highest BCUT2D eigenvalue weighted by Gasteiger charge is 2.21. The van der Waals surface area contributed by atoms with Gasteiger partial charge in [-0.1, -0.05) is 176 Å². The Hall–Kier alpha value is -7.42. The summed E-state index contributed by atoms with van der Waals surface area (Å²) in [6.45, 7) is 0. The first kappa shape index (κ1) is 33.2. The first-order valence-electron chi connectivity index (χ1n) is 19.2. The molecule has 0 saturated heterocycles. The lowest BCUT2D eigenvalue weighted by atomic mass is 9.99. The third-order valence-corrected chi connectivity index (χ3v) is 10.8. The van der Waals surface area contributed by atoms with E-state index < -0.39 is 0 Å². The number of benzene rings is 9. The van der Waals surface area contributed by atoms with Gasteiger partial charge in [-0.25, -0.2) is 0 Å². The Morgan fingerprint density at radius 3 is 1.23 bits per heavy atom. The summed E-state index contributed by atoms with van der Waals surface area (Å²) >= 11 is 0. The number of anilines is 3. The highest BCUT2D eigenvalue weighted by Crippen LogP contribution is 2.44. The molecule has 0 aliphatic carbocycles. The van der Waals surface area contributed by atoms with Crippen LogP contribution in [0.4, 0.5) is 17.1 Å². The molecule has 0 bridgehead atoms. The average molecular weight is 715 g/mol. The molecule has 0 atom stereocenters. The van der Waals surface area contributed by atoms with Crippen molar-refractivity contribution in [1.82, 2.24) is 4.57 Å². The van der Waals surface area contributed by atoms with Gasteiger partial charge < -0.3 is 9.47 Å². The van der Waals surface area contributed by atoms with Gasteiger partial charge in [-0.2, -0.15) is 0 Å². The van der Waals surface area contributed by atoms with E-state index >= 15 is 0 Å². The van der Waals surface area contributed by atoms with Crippen LogP contribution in [-0.2, 0) is 0 Å². The van der Waals surface area contributed by atoms with Crippen LogP contribution in [0.3, 0.4) is 0 Å². The fraction of sp³-hybridized carbons (Fsp3) is 0. The molecule has 0 radical (unpaired) electrons. The third-order valence-electron chi connectivity index (χ3n) is 10.8. The van der Waals surface area contributed by atoms with E-state index in [4.69, 9.17) is 0 Å². The van der Waals surface area contributed by atoms with Crippen molar-refractivity contribution >= 4 is 38.9 Å². The Labute approximate surface area is 327 Å². The van der Waals surface area contributed by atoms with Gasteiger partial charge in [0.1, 0.15) is 0 Å². The van der Waals surface area contributed by atoms with Crippen molar-refractivity contribution in [3.8, 4) is 50.2 Å². The van der Waals surface area contributed by atoms with E-state index in [1.807, 2.05) is 0 Å². The monoisotopic (exact) mass is 714 g/mol. The number of rotatable bonds is 8. The molecule has 10 aromatic rings. The molecule has 10 rings (SSSR count). The number of fused-ring (bicyclic) bond motifs is 3. The summed E-state index contributed by atoms with van der Waals surface area (Å²) in [6.07, 6.45) is 0. The molecule has 56 heavy (non-hydrogen) atoms. The third kappa shape index (κ3) is 6.14. The first-order chi connectivity index (χ1) is 27.8. The van der Waals surface area contributed by atoms with Crippen LogP contribution in [0.2, 0.25) is 0 Å². The predicted molar refractivity (Wildman–Crippen MR) is 237 cm³/mol. The van der Waals surface area contributed by atoms with Crippen LogP contribution in [0, 0.1) is 0 Å². The van der Waals surface area contributed by atoms with Crippen molar-refractivity contribution < 1.29 is 0 Å². The second-order valence-electron chi connectivity index (χ2n) is 14.2. The van der Waals surface area contributed by atoms with Gasteiger partial charge in [0.15, 0.2) is 0 Å². The molecule has 0 saturated carbocycles. The van der Waals surface area contributed by atoms with E-state index in [9.17, 15) is 0 Å². The van der Waals surface area contributed by atoms with Crippen LogP contribution in [0.5, 0.6) is 0 Å². The minimum atomic E-state index is 1.09. The SMILES string of the molecule is c1ccc(-c2ccc(N(c3ccc(-c4ccccc4)cc3)c3cccc4c5ccccc5n(-c5ccc(-c6cccc(-c7ccccc7)c6)cc5)c34)cc2)cc1. The molecule has 2 heteroatoms. The average Bonchev–Trinajstić information content (AvgIpc) is 3.63. The van der Waals surface area contributed by atoms with Gasteiger partial charge in [0, 0.05) is 27.8 Å². The van der Waals surface area contributed by atoms with Crippen LogP contribution in [0.15, 0.2) is 231 Å². The van der Waals surface area contributed by atoms with Gasteiger partial charge >= 0.3 is 0 Å². The molecule has 0 aliphatic heterocycles. The van der Waals surface area contributed by atoms with Crippen molar-refractivity contribution in [2.75, 3.05) is 4.90 Å². The van der Waals surface area contributed by atoms with Crippen LogP contribution >= 0.6 is 0 Å². The highest BCUT2D eigenvalue weighted by atomic mass is 15.2. The normalized spacial score (nSPS) is 11.2. The molecule has 0 fully saturated rings. The number of hydrogen-bond acceptors (Lipinski definition) is 1. The van der Waals surface area contributed by atoms with E-state index in [1.165, 1.54) is 60.8 Å². The maximum Gasteiger partial charge on any atom is 0.0782 e. The summed E-state index contributed by atoms with van der Waals surface area (Å²) in [6, 6.07) is 83.0. The molecule has 0 spiro atoms. The van der Waals surface area contributed by atoms with Crippen molar-refractivity contribution in [3.05, 3.63) is 231 Å². The molecule has 1 aromatic heterocycles. The van der Waals surface area contributed by atoms with Gasteiger partial charge in [-0.3, -0.25) is 0 Å². The van der Waals surface area contributed by atoms with Gasteiger partial charge in [0.05, 0.1) is 16.7 Å². The Bertz CT molecular complexity index is 2830. The smallest absolute Gasteiger partial charge is 0.0782 e. The zero-order valence-electron chi connectivity index (χ0n) is 30.8. The maximum absolute atomic E-state index is 2.44. The summed E-state index contributed by atoms with van der Waals surface area (Å²) in [5, 5.41) is 2.44. The zero-order valence-corrected chi connectivity index (χ0v) is 30.8. The second kappa shape index (κ2) is 14.4. The Balaban J connectivity index is 1.13. The van der Waals surface area contributed by atoms with E-state index in [0.29, 0.717) is 0 Å². The van der Waals surface area contributed by atoms with Crippen molar-refractivity contribution in [2.45, 2.75) is 0 Å². The molecular weight excluding hydrogens is 677 g/mol. The summed E-state index contributed by atoms with van der Waals surface area (Å²) in [5.74, 6) is 0. The van der Waals surface area contributed by atoms with Crippen molar-refractivity contribution in [3.63, 3.8) is 0 Å². The number of nitrogens with zero attached hydrogens (tertiary/aromatic N) is 2. The molecule has 0 aliphatic rings. The van der Waals surface area contributed by atoms with E-state index in [1.54, 1.807) is 0 Å². The molecule has 264 valence electrons. The molecule has 0 N–H and O–H groups in total. The number of aromatic nitrogens is 1. The highest BCUT2D eigenvalue weighted by molar-refractivity contribution is 6.14. The molecule has 0 unspecified atom stereocenters. The van der Waals surface area contributed by atoms with Crippen LogP contribution in [0.1, 0.15) is 0 Å². The Kier molecular flexibility index (Phi) is 8.55. The van der Waals surface area contributed by atoms with E-state index in [0.717, 1.165) is 28.3 Å². The quantitative estimate of drug-likeness (QED) is 0.152. The number of hydrogen-bond donors (Lipinski definition) is 0. The lowest BCUT2D eigenvalue weighted by Crippen LogP contribution is -2.11. The van der Waals surface area contributed by atoms with Gasteiger partial charge in [-0.15, -0.1) is 0 Å². The predicted octanol–water partition coefficient (Wildman–Crippen LogP) is 14.9. The zero-order chi connectivity index (χ0) is 37.3. The van der Waals surface area contributed by atoms with Crippen LogP contribution < -0.4 is 4.90 Å². The largest absolute Gasteiger partial charge is 0.308 e. The maximum atomic E-state index is 2.44. The van der Waals surface area contributed by atoms with Crippen molar-refractivity contribution in [1.29, 1.82) is 0 Å². The van der Waals surface area contributed by atoms with Gasteiger partial charge in [-0.05, 0) is 99.1 Å². The number of para-hydroxylation sites is 2. The van der Waals surface area contributed by atoms with Crippen LogP contribution in [-0.4, -0.2) is 4.57 Å². The minimum absolute atomic E-state index is 1.09. The summed E-state index contributed by atoms with van der Waals surface area (Å²) in [7, 11) is 0. The standard InChI is InChI=1S/C54H38N2/c1-4-14-39(15-5-1)42-26-32-47(33-27-42)55(48-34-28-43(29-35-48)40-16-6-2-7-17-40)53-25-13-23-51-50-22-10-11-24-52(50)56(54(51)53)49-36-30-44(31-37-49)46-21-12-20-45(38-46)41-18-8-3-9-19-41/h1-38H. The fourth-order valence-electron chi connectivity index (χ4n) is 8.06. The minimum Gasteiger partial charge on any atom is -0.308 e. The molecule has 9 aromatic carbocycles. The Morgan fingerprint density at radius 2 is 0.679 bits per heavy atom. The molecule has 1 heterocycles. The fourth-order valence-corrected chi connectivity index (χ4v) is 8.06. The van der Waals surface area contributed by atoms with Gasteiger partial charge in [0.2, 0.25) is 0 Å². The van der Waals surface area contributed by atoms with Crippen LogP contribution in [0.25, 0.3) is 72.0 Å². The lowest BCUT2D eigenvalue weighted by Gasteiger charge is -2.27. The van der Waals surface area contributed by atoms with Crippen molar-refractivity contribution in [2.24, 2.45) is 0 Å². The van der Waals surface area contributed by atoms with E-state index in [2.05, 4.69) is 240 Å². The Morgan fingerprint density at radius 1 is 0.286 bits per heavy atom.